The Morgan fingerprint density at radius 3 is 2.63 bits per heavy atom. The quantitative estimate of drug-likeness (QED) is 0.422. The molecular formula is C12H20N4O3. The first-order valence-corrected chi connectivity index (χ1v) is 6.23. The Kier molecular flexibility index (Phi) is 6.04. The van der Waals surface area contributed by atoms with Gasteiger partial charge < -0.3 is 15.1 Å². The lowest BCUT2D eigenvalue weighted by molar-refractivity contribution is -0.385. The molecule has 0 aliphatic carbocycles. The van der Waals surface area contributed by atoms with Crippen molar-refractivity contribution in [1.29, 1.82) is 0 Å². The van der Waals surface area contributed by atoms with Gasteiger partial charge in [0.2, 0.25) is 0 Å². The second kappa shape index (κ2) is 7.55. The predicted octanol–water partition coefficient (Wildman–Crippen LogP) is 1.60. The molecule has 106 valence electrons. The molecule has 0 saturated heterocycles. The van der Waals surface area contributed by atoms with E-state index in [1.54, 1.807) is 12.1 Å². The molecule has 0 fully saturated rings. The first-order chi connectivity index (χ1) is 9.13. The molecule has 19 heavy (non-hydrogen) atoms. The van der Waals surface area contributed by atoms with Crippen LogP contribution in [0.3, 0.4) is 0 Å². The van der Waals surface area contributed by atoms with Gasteiger partial charge in [-0.3, -0.25) is 16.0 Å². The van der Waals surface area contributed by atoms with Gasteiger partial charge in [-0.1, -0.05) is 19.9 Å². The standard InChI is InChI=1S/C12H20N4O3/c1-3-15(4-2)8-9-19-11-7-5-6-10(14-13)12(11)16(17)18/h5-7,14H,3-4,8-9,13H2,1-2H3. The van der Waals surface area contributed by atoms with E-state index in [0.29, 0.717) is 6.61 Å². The molecule has 0 aromatic heterocycles. The van der Waals surface area contributed by atoms with Crippen molar-refractivity contribution in [3.8, 4) is 5.75 Å². The van der Waals surface area contributed by atoms with E-state index in [4.69, 9.17) is 10.6 Å². The molecule has 0 unspecified atom stereocenters. The topological polar surface area (TPSA) is 93.7 Å². The summed E-state index contributed by atoms with van der Waals surface area (Å²) in [4.78, 5) is 12.7. The number of nitrogens with one attached hydrogen (secondary N) is 1. The summed E-state index contributed by atoms with van der Waals surface area (Å²) in [5, 5.41) is 11.0. The van der Waals surface area contributed by atoms with Crippen LogP contribution in [0, 0.1) is 10.1 Å². The largest absolute Gasteiger partial charge is 0.485 e. The lowest BCUT2D eigenvalue weighted by Gasteiger charge is -2.18. The minimum atomic E-state index is -0.498. The van der Waals surface area contributed by atoms with Crippen LogP contribution in [0.4, 0.5) is 11.4 Å². The lowest BCUT2D eigenvalue weighted by atomic mass is 10.2. The minimum Gasteiger partial charge on any atom is -0.485 e. The summed E-state index contributed by atoms with van der Waals surface area (Å²) < 4.78 is 5.50. The van der Waals surface area contributed by atoms with E-state index < -0.39 is 4.92 Å². The fraction of sp³-hybridized carbons (Fsp3) is 0.500. The maximum Gasteiger partial charge on any atom is 0.335 e. The number of anilines is 1. The zero-order chi connectivity index (χ0) is 14.3. The highest BCUT2D eigenvalue weighted by atomic mass is 16.6. The molecule has 3 N–H and O–H groups in total. The molecule has 0 heterocycles. The van der Waals surface area contributed by atoms with Gasteiger partial charge in [-0.25, -0.2) is 0 Å². The van der Waals surface area contributed by atoms with Crippen molar-refractivity contribution in [3.63, 3.8) is 0 Å². The van der Waals surface area contributed by atoms with Crippen molar-refractivity contribution in [3.05, 3.63) is 28.3 Å². The number of rotatable bonds is 8. The molecule has 0 amide bonds. The van der Waals surface area contributed by atoms with Crippen molar-refractivity contribution in [2.45, 2.75) is 13.8 Å². The summed E-state index contributed by atoms with van der Waals surface area (Å²) in [5.74, 6) is 5.49. The smallest absolute Gasteiger partial charge is 0.335 e. The van der Waals surface area contributed by atoms with Crippen LogP contribution in [0.25, 0.3) is 0 Å². The summed E-state index contributed by atoms with van der Waals surface area (Å²) in [7, 11) is 0. The normalized spacial score (nSPS) is 10.5. The molecule has 7 heteroatoms. The number of nitrogens with zero attached hydrogens (tertiary/aromatic N) is 2. The third kappa shape index (κ3) is 4.08. The number of nitrogens with two attached hydrogens (primary N) is 1. The second-order valence-electron chi connectivity index (χ2n) is 3.93. The monoisotopic (exact) mass is 268 g/mol. The van der Waals surface area contributed by atoms with Gasteiger partial charge in [0, 0.05) is 6.54 Å². The van der Waals surface area contributed by atoms with Gasteiger partial charge in [0.1, 0.15) is 12.3 Å². The van der Waals surface area contributed by atoms with E-state index in [1.165, 1.54) is 6.07 Å². The van der Waals surface area contributed by atoms with E-state index in [9.17, 15) is 10.1 Å². The highest BCUT2D eigenvalue weighted by Gasteiger charge is 2.20. The average molecular weight is 268 g/mol. The van der Waals surface area contributed by atoms with E-state index in [0.717, 1.165) is 19.6 Å². The summed E-state index contributed by atoms with van der Waals surface area (Å²) in [5.41, 5.74) is 2.41. The van der Waals surface area contributed by atoms with Crippen molar-refractivity contribution in [2.24, 2.45) is 5.84 Å². The SMILES string of the molecule is CCN(CC)CCOc1cccc(NN)c1[N+](=O)[O-]. The predicted molar refractivity (Wildman–Crippen MR) is 74.2 cm³/mol. The summed E-state index contributed by atoms with van der Waals surface area (Å²) in [6.07, 6.45) is 0. The number of hydrogen-bond donors (Lipinski definition) is 2. The number of hydrazine groups is 1. The maximum atomic E-state index is 11.0. The Balaban J connectivity index is 2.75. The summed E-state index contributed by atoms with van der Waals surface area (Å²) >= 11 is 0. The zero-order valence-corrected chi connectivity index (χ0v) is 11.3. The van der Waals surface area contributed by atoms with Gasteiger partial charge in [-0.15, -0.1) is 0 Å². The number of ether oxygens (including phenoxy) is 1. The maximum absolute atomic E-state index is 11.0. The van der Waals surface area contributed by atoms with Crippen molar-refractivity contribution in [2.75, 3.05) is 31.7 Å². The van der Waals surface area contributed by atoms with E-state index in [2.05, 4.69) is 24.2 Å². The Hall–Kier alpha value is -1.86. The third-order valence-electron chi connectivity index (χ3n) is 2.90. The zero-order valence-electron chi connectivity index (χ0n) is 11.3. The highest BCUT2D eigenvalue weighted by Crippen LogP contribution is 2.33. The third-order valence-corrected chi connectivity index (χ3v) is 2.90. The Morgan fingerprint density at radius 2 is 2.11 bits per heavy atom. The molecule has 1 aromatic carbocycles. The minimum absolute atomic E-state index is 0.135. The van der Waals surface area contributed by atoms with Gasteiger partial charge in [0.05, 0.1) is 4.92 Å². The molecule has 0 aliphatic rings. The van der Waals surface area contributed by atoms with E-state index in [-0.39, 0.29) is 17.1 Å². The van der Waals surface area contributed by atoms with Crippen LogP contribution in [0.1, 0.15) is 13.8 Å². The Labute approximate surface area is 112 Å². The summed E-state index contributed by atoms with van der Waals surface area (Å²) in [6, 6.07) is 4.77. The Morgan fingerprint density at radius 1 is 1.42 bits per heavy atom. The molecule has 7 nitrogen and oxygen atoms in total. The summed E-state index contributed by atoms with van der Waals surface area (Å²) in [6.45, 7) is 7.09. The lowest BCUT2D eigenvalue weighted by Crippen LogP contribution is -2.28. The molecule has 0 atom stereocenters. The van der Waals surface area contributed by atoms with Crippen LogP contribution in [-0.4, -0.2) is 36.1 Å². The van der Waals surface area contributed by atoms with Gasteiger partial charge in [0.25, 0.3) is 0 Å². The molecule has 1 aromatic rings. The first kappa shape index (κ1) is 15.2. The van der Waals surface area contributed by atoms with Crippen molar-refractivity contribution in [1.82, 2.24) is 4.90 Å². The molecule has 0 aliphatic heterocycles. The second-order valence-corrected chi connectivity index (χ2v) is 3.93. The van der Waals surface area contributed by atoms with Crippen LogP contribution >= 0.6 is 0 Å². The van der Waals surface area contributed by atoms with Crippen LogP contribution < -0.4 is 16.0 Å². The average Bonchev–Trinajstić information content (AvgIpc) is 2.42. The number of benzene rings is 1. The molecule has 0 radical (unpaired) electrons. The van der Waals surface area contributed by atoms with Crippen LogP contribution in [-0.2, 0) is 0 Å². The van der Waals surface area contributed by atoms with E-state index in [1.807, 2.05) is 0 Å². The molecule has 1 rings (SSSR count). The van der Waals surface area contributed by atoms with Crippen LogP contribution in [0.15, 0.2) is 18.2 Å². The van der Waals surface area contributed by atoms with Crippen LogP contribution in [0.2, 0.25) is 0 Å². The fourth-order valence-corrected chi connectivity index (χ4v) is 1.77. The molecule has 0 bridgehead atoms. The number of likely N-dealkylation sites (N-methyl/N-ethyl adjacent to an activating group) is 1. The number of nitro groups is 1. The fourth-order valence-electron chi connectivity index (χ4n) is 1.77. The number of nitro benzene ring substituents is 1. The number of nitrogen functional groups attached to an aromatic ring is 1. The van der Waals surface area contributed by atoms with Gasteiger partial charge in [-0.05, 0) is 25.2 Å². The number of hydrogen-bond acceptors (Lipinski definition) is 6. The first-order valence-electron chi connectivity index (χ1n) is 6.23. The number of para-hydroxylation sites is 1. The van der Waals surface area contributed by atoms with Gasteiger partial charge >= 0.3 is 5.69 Å². The highest BCUT2D eigenvalue weighted by molar-refractivity contribution is 5.67. The van der Waals surface area contributed by atoms with Gasteiger partial charge in [-0.2, -0.15) is 0 Å². The van der Waals surface area contributed by atoms with Crippen LogP contribution in [0.5, 0.6) is 5.75 Å². The van der Waals surface area contributed by atoms with Gasteiger partial charge in [0.15, 0.2) is 5.75 Å². The molecule has 0 saturated carbocycles. The Bertz CT molecular complexity index is 421. The van der Waals surface area contributed by atoms with Crippen molar-refractivity contribution < 1.29 is 9.66 Å². The van der Waals surface area contributed by atoms with Crippen molar-refractivity contribution >= 4 is 11.4 Å². The molecular weight excluding hydrogens is 248 g/mol. The van der Waals surface area contributed by atoms with E-state index >= 15 is 0 Å². The molecule has 0 spiro atoms.